The lowest BCUT2D eigenvalue weighted by molar-refractivity contribution is 0.791. The van der Waals surface area contributed by atoms with Gasteiger partial charge >= 0.3 is 0 Å². The molecule has 0 amide bonds. The molecule has 2 aromatic rings. The number of halogens is 1. The van der Waals surface area contributed by atoms with Crippen molar-refractivity contribution >= 4 is 11.6 Å². The molecule has 2 heterocycles. The zero-order valence-electron chi connectivity index (χ0n) is 15.7. The number of hydrogen-bond acceptors (Lipinski definition) is 2. The molecule has 0 radical (unpaired) electrons. The summed E-state index contributed by atoms with van der Waals surface area (Å²) in [6.07, 6.45) is 0. The molecular formula is C18H31ClN4. The van der Waals surface area contributed by atoms with Gasteiger partial charge in [-0.25, -0.2) is 0 Å². The molecule has 0 aliphatic rings. The van der Waals surface area contributed by atoms with Crippen molar-refractivity contribution < 1.29 is 0 Å². The van der Waals surface area contributed by atoms with Crippen molar-refractivity contribution in [2.45, 2.75) is 79.1 Å². The van der Waals surface area contributed by atoms with Crippen molar-refractivity contribution in [3.8, 4) is 0 Å². The van der Waals surface area contributed by atoms with Gasteiger partial charge in [-0.2, -0.15) is 10.2 Å². The molecule has 0 unspecified atom stereocenters. The SMILES string of the molecule is CC(C)c1cc(C(C)C)[nH]n1.CC(C)c1n[nH]c(C(C)C)c1Cl. The van der Waals surface area contributed by atoms with Gasteiger partial charge in [0.05, 0.1) is 22.1 Å². The molecule has 2 aromatic heterocycles. The zero-order valence-corrected chi connectivity index (χ0v) is 16.4. The lowest BCUT2D eigenvalue weighted by atomic mass is 10.1. The summed E-state index contributed by atoms with van der Waals surface area (Å²) in [5.74, 6) is 1.88. The summed E-state index contributed by atoms with van der Waals surface area (Å²) in [5, 5.41) is 15.2. The van der Waals surface area contributed by atoms with E-state index in [1.54, 1.807) is 0 Å². The Morgan fingerprint density at radius 3 is 1.65 bits per heavy atom. The lowest BCUT2D eigenvalue weighted by Crippen LogP contribution is -1.89. The molecule has 5 heteroatoms. The third-order valence-corrected chi connectivity index (χ3v) is 4.11. The van der Waals surface area contributed by atoms with E-state index in [9.17, 15) is 0 Å². The molecule has 0 fully saturated rings. The topological polar surface area (TPSA) is 57.4 Å². The highest BCUT2D eigenvalue weighted by Gasteiger charge is 2.15. The standard InChI is InChI=1S/C9H15ClN2.C9H16N2/c1-5(2)8-7(10)9(6(3)4)12-11-8;1-6(2)8-5-9(7(3)4)11-10-8/h5-6H,1-4H3,(H,11,12);5-7H,1-4H3,(H,10,11). The fourth-order valence-corrected chi connectivity index (χ4v) is 2.59. The van der Waals surface area contributed by atoms with Crippen molar-refractivity contribution in [1.29, 1.82) is 0 Å². The monoisotopic (exact) mass is 338 g/mol. The van der Waals surface area contributed by atoms with Crippen LogP contribution in [0.15, 0.2) is 6.07 Å². The van der Waals surface area contributed by atoms with Crippen molar-refractivity contribution in [1.82, 2.24) is 20.4 Å². The summed E-state index contributed by atoms with van der Waals surface area (Å²) >= 11 is 6.12. The second-order valence-corrected chi connectivity index (χ2v) is 7.58. The van der Waals surface area contributed by atoms with Crippen LogP contribution in [0.5, 0.6) is 0 Å². The van der Waals surface area contributed by atoms with Crippen LogP contribution in [0.3, 0.4) is 0 Å². The Kier molecular flexibility index (Phi) is 7.33. The summed E-state index contributed by atoms with van der Waals surface area (Å²) in [6.45, 7) is 17.0. The largest absolute Gasteiger partial charge is 0.282 e. The molecule has 0 saturated heterocycles. The first kappa shape index (κ1) is 19.8. The molecule has 0 saturated carbocycles. The summed E-state index contributed by atoms with van der Waals surface area (Å²) in [7, 11) is 0. The van der Waals surface area contributed by atoms with Crippen LogP contribution in [0.25, 0.3) is 0 Å². The van der Waals surface area contributed by atoms with Gasteiger partial charge < -0.3 is 0 Å². The van der Waals surface area contributed by atoms with E-state index in [1.807, 2.05) is 0 Å². The van der Waals surface area contributed by atoms with Crippen molar-refractivity contribution in [3.05, 3.63) is 33.9 Å². The molecule has 130 valence electrons. The Hall–Kier alpha value is -1.29. The Morgan fingerprint density at radius 1 is 0.783 bits per heavy atom. The van der Waals surface area contributed by atoms with Gasteiger partial charge in [0.15, 0.2) is 0 Å². The van der Waals surface area contributed by atoms with Crippen molar-refractivity contribution in [2.75, 3.05) is 0 Å². The van der Waals surface area contributed by atoms with Gasteiger partial charge in [-0.3, -0.25) is 10.2 Å². The number of hydrogen-bond donors (Lipinski definition) is 2. The third-order valence-electron chi connectivity index (χ3n) is 3.71. The zero-order chi connectivity index (χ0) is 17.7. The minimum Gasteiger partial charge on any atom is -0.282 e. The van der Waals surface area contributed by atoms with E-state index in [4.69, 9.17) is 11.6 Å². The summed E-state index contributed by atoms with van der Waals surface area (Å²) < 4.78 is 0. The summed E-state index contributed by atoms with van der Waals surface area (Å²) in [5.41, 5.74) is 4.41. The van der Waals surface area contributed by atoms with Crippen LogP contribution < -0.4 is 0 Å². The summed E-state index contributed by atoms with van der Waals surface area (Å²) in [4.78, 5) is 0. The maximum absolute atomic E-state index is 6.12. The highest BCUT2D eigenvalue weighted by Crippen LogP contribution is 2.29. The molecule has 4 nitrogen and oxygen atoms in total. The molecule has 0 spiro atoms. The van der Waals surface area contributed by atoms with E-state index in [2.05, 4.69) is 81.9 Å². The van der Waals surface area contributed by atoms with Crippen LogP contribution in [0.1, 0.15) is 102 Å². The van der Waals surface area contributed by atoms with E-state index >= 15 is 0 Å². The first-order valence-corrected chi connectivity index (χ1v) is 8.81. The van der Waals surface area contributed by atoms with E-state index in [0.717, 1.165) is 22.1 Å². The molecule has 0 aliphatic carbocycles. The predicted molar refractivity (Wildman–Crippen MR) is 98.5 cm³/mol. The van der Waals surface area contributed by atoms with Gasteiger partial charge in [0, 0.05) is 5.69 Å². The first-order valence-electron chi connectivity index (χ1n) is 8.43. The van der Waals surface area contributed by atoms with Crippen LogP contribution >= 0.6 is 11.6 Å². The number of aromatic amines is 2. The molecule has 0 aromatic carbocycles. The molecule has 0 atom stereocenters. The van der Waals surface area contributed by atoms with Gasteiger partial charge in [0.1, 0.15) is 0 Å². The Labute approximate surface area is 145 Å². The van der Waals surface area contributed by atoms with Crippen molar-refractivity contribution in [2.24, 2.45) is 0 Å². The molecular weight excluding hydrogens is 308 g/mol. The average molecular weight is 339 g/mol. The molecule has 0 bridgehead atoms. The highest BCUT2D eigenvalue weighted by molar-refractivity contribution is 6.32. The van der Waals surface area contributed by atoms with Gasteiger partial charge in [-0.15, -0.1) is 0 Å². The normalized spacial score (nSPS) is 11.5. The quantitative estimate of drug-likeness (QED) is 0.721. The predicted octanol–water partition coefficient (Wildman–Crippen LogP) is 5.97. The van der Waals surface area contributed by atoms with Crippen LogP contribution in [0.4, 0.5) is 0 Å². The van der Waals surface area contributed by atoms with Crippen LogP contribution in [-0.4, -0.2) is 20.4 Å². The minimum absolute atomic E-state index is 0.390. The van der Waals surface area contributed by atoms with E-state index < -0.39 is 0 Å². The third kappa shape index (κ3) is 5.38. The van der Waals surface area contributed by atoms with E-state index in [1.165, 1.54) is 5.69 Å². The second kappa shape index (κ2) is 8.53. The maximum atomic E-state index is 6.12. The molecule has 2 N–H and O–H groups in total. The minimum atomic E-state index is 0.390. The van der Waals surface area contributed by atoms with E-state index in [-0.39, 0.29) is 0 Å². The van der Waals surface area contributed by atoms with Crippen molar-refractivity contribution in [3.63, 3.8) is 0 Å². The lowest BCUT2D eigenvalue weighted by Gasteiger charge is -2.02. The highest BCUT2D eigenvalue weighted by atomic mass is 35.5. The van der Waals surface area contributed by atoms with Gasteiger partial charge in [0.25, 0.3) is 0 Å². The van der Waals surface area contributed by atoms with Crippen LogP contribution in [-0.2, 0) is 0 Å². The van der Waals surface area contributed by atoms with Gasteiger partial charge in [-0.05, 0) is 29.7 Å². The Bertz CT molecular complexity index is 546. The average Bonchev–Trinajstić information content (AvgIpc) is 3.05. The van der Waals surface area contributed by atoms with Gasteiger partial charge in [-0.1, -0.05) is 67.0 Å². The van der Waals surface area contributed by atoms with Gasteiger partial charge in [0.2, 0.25) is 0 Å². The Balaban J connectivity index is 0.000000231. The number of rotatable bonds is 4. The fraction of sp³-hybridized carbons (Fsp3) is 0.667. The number of nitrogens with zero attached hydrogens (tertiary/aromatic N) is 2. The fourth-order valence-electron chi connectivity index (χ4n) is 2.07. The molecule has 0 aliphatic heterocycles. The first-order chi connectivity index (χ1) is 10.6. The molecule has 2 rings (SSSR count). The van der Waals surface area contributed by atoms with E-state index in [0.29, 0.717) is 23.7 Å². The maximum Gasteiger partial charge on any atom is 0.0852 e. The Morgan fingerprint density at radius 2 is 1.39 bits per heavy atom. The molecule has 23 heavy (non-hydrogen) atoms. The number of H-pyrrole nitrogens is 2. The van der Waals surface area contributed by atoms with Crippen LogP contribution in [0.2, 0.25) is 5.02 Å². The van der Waals surface area contributed by atoms with Crippen LogP contribution in [0, 0.1) is 0 Å². The second-order valence-electron chi connectivity index (χ2n) is 7.20. The number of nitrogens with one attached hydrogen (secondary N) is 2. The summed E-state index contributed by atoms with van der Waals surface area (Å²) in [6, 6.07) is 2.15. The smallest absolute Gasteiger partial charge is 0.0852 e. The number of aromatic nitrogens is 4.